The minimum absolute atomic E-state index is 0.0684. The minimum atomic E-state index is -4.72. The number of fused-ring (bicyclic) bond motifs is 1. The third kappa shape index (κ3) is 5.17. The zero-order chi connectivity index (χ0) is 26.9. The molecule has 3 aromatic rings. The van der Waals surface area contributed by atoms with Crippen molar-refractivity contribution in [3.05, 3.63) is 76.6 Å². The van der Waals surface area contributed by atoms with Crippen molar-refractivity contribution in [3.63, 3.8) is 0 Å². The molecule has 2 aromatic carbocycles. The van der Waals surface area contributed by atoms with Gasteiger partial charge < -0.3 is 25.5 Å². The number of hydrogen-bond acceptors (Lipinski definition) is 6. The summed E-state index contributed by atoms with van der Waals surface area (Å²) in [6.07, 6.45) is -4.98. The van der Waals surface area contributed by atoms with Gasteiger partial charge in [-0.15, -0.1) is 0 Å². The first kappa shape index (κ1) is 24.9. The van der Waals surface area contributed by atoms with Gasteiger partial charge in [0.2, 0.25) is 5.95 Å². The molecule has 0 unspecified atom stereocenters. The Hall–Kier alpha value is -4.79. The monoisotopic (exact) mass is 522 g/mol. The Bertz CT molecular complexity index is 1460. The first-order chi connectivity index (χ1) is 18.2. The van der Waals surface area contributed by atoms with E-state index in [1.54, 1.807) is 30.3 Å². The molecule has 2 amide bonds. The van der Waals surface area contributed by atoms with Crippen LogP contribution in [0.25, 0.3) is 0 Å². The van der Waals surface area contributed by atoms with Gasteiger partial charge in [0, 0.05) is 55.9 Å². The summed E-state index contributed by atoms with van der Waals surface area (Å²) in [5, 5.41) is 14.7. The highest BCUT2D eigenvalue weighted by molar-refractivity contribution is 6.00. The van der Waals surface area contributed by atoms with Crippen LogP contribution in [-0.2, 0) is 12.7 Å². The van der Waals surface area contributed by atoms with E-state index in [0.717, 1.165) is 11.3 Å². The normalized spacial score (nSPS) is 14.9. The van der Waals surface area contributed by atoms with Gasteiger partial charge in [0.15, 0.2) is 0 Å². The second-order valence-electron chi connectivity index (χ2n) is 8.65. The van der Waals surface area contributed by atoms with Gasteiger partial charge >= 0.3 is 12.3 Å². The minimum Gasteiger partial charge on any atom is -0.465 e. The van der Waals surface area contributed by atoms with Crippen LogP contribution >= 0.6 is 0 Å². The summed E-state index contributed by atoms with van der Waals surface area (Å²) in [6.45, 7) is 2.24. The number of anilines is 3. The van der Waals surface area contributed by atoms with E-state index in [2.05, 4.69) is 32.4 Å². The number of carboxylic acid groups (broad SMARTS) is 1. The van der Waals surface area contributed by atoms with Crippen LogP contribution in [0.1, 0.15) is 32.7 Å². The fourth-order valence-corrected chi connectivity index (χ4v) is 4.30. The van der Waals surface area contributed by atoms with Gasteiger partial charge in [-0.3, -0.25) is 4.79 Å². The van der Waals surface area contributed by atoms with E-state index in [-0.39, 0.29) is 11.9 Å². The molecule has 0 atom stereocenters. The number of hydrogen-bond donors (Lipinski definition) is 3. The van der Waals surface area contributed by atoms with Crippen molar-refractivity contribution in [1.82, 2.24) is 20.2 Å². The number of benzene rings is 2. The third-order valence-corrected chi connectivity index (χ3v) is 6.27. The molecular weight excluding hydrogens is 501 g/mol. The summed E-state index contributed by atoms with van der Waals surface area (Å²) in [5.41, 5.74) is 1.25. The number of rotatable bonds is 3. The quantitative estimate of drug-likeness (QED) is 0.450. The molecule has 1 saturated heterocycles. The summed E-state index contributed by atoms with van der Waals surface area (Å²) in [5.74, 6) is 4.77. The number of alkyl halides is 3. The Labute approximate surface area is 215 Å². The van der Waals surface area contributed by atoms with Crippen LogP contribution in [0.15, 0.2) is 48.7 Å². The zero-order valence-electron chi connectivity index (χ0n) is 19.8. The maximum absolute atomic E-state index is 13.6. The molecule has 1 fully saturated rings. The van der Waals surface area contributed by atoms with Crippen molar-refractivity contribution < 1.29 is 27.9 Å². The lowest BCUT2D eigenvalue weighted by molar-refractivity contribution is -0.138. The lowest BCUT2D eigenvalue weighted by Crippen LogP contribution is -2.48. The predicted octanol–water partition coefficient (Wildman–Crippen LogP) is 3.68. The van der Waals surface area contributed by atoms with E-state index in [4.69, 9.17) is 5.11 Å². The van der Waals surface area contributed by atoms with E-state index in [9.17, 15) is 22.8 Å². The molecule has 5 rings (SSSR count). The average molecular weight is 522 g/mol. The fraction of sp³-hybridized carbons (Fsp3) is 0.231. The molecule has 0 aliphatic carbocycles. The van der Waals surface area contributed by atoms with Crippen molar-refractivity contribution >= 4 is 29.3 Å². The van der Waals surface area contributed by atoms with Crippen LogP contribution < -0.4 is 15.5 Å². The van der Waals surface area contributed by atoms with Crippen molar-refractivity contribution in [1.29, 1.82) is 0 Å². The lowest BCUT2D eigenvalue weighted by Gasteiger charge is -2.34. The topological polar surface area (TPSA) is 111 Å². The number of halogens is 3. The molecule has 1 aromatic heterocycles. The number of carbonyl (C=O) groups excluding carboxylic acids is 1. The highest BCUT2D eigenvalue weighted by Gasteiger charge is 2.35. The molecule has 38 heavy (non-hydrogen) atoms. The molecule has 0 saturated carbocycles. The van der Waals surface area contributed by atoms with Crippen molar-refractivity contribution in [2.75, 3.05) is 36.4 Å². The largest absolute Gasteiger partial charge is 0.465 e. The summed E-state index contributed by atoms with van der Waals surface area (Å²) in [7, 11) is 0. The highest BCUT2D eigenvalue weighted by atomic mass is 19.4. The van der Waals surface area contributed by atoms with Gasteiger partial charge in [-0.25, -0.2) is 14.8 Å². The molecule has 12 heteroatoms. The van der Waals surface area contributed by atoms with Gasteiger partial charge in [0.1, 0.15) is 11.3 Å². The van der Waals surface area contributed by atoms with E-state index in [0.29, 0.717) is 55.7 Å². The Balaban J connectivity index is 1.37. The van der Waals surface area contributed by atoms with E-state index in [1.807, 2.05) is 17.0 Å². The number of nitrogens with zero attached hydrogens (tertiary/aromatic N) is 4. The molecule has 3 N–H and O–H groups in total. The number of aromatic nitrogens is 2. The lowest BCUT2D eigenvalue weighted by atomic mass is 10.0. The SMILES string of the molecule is O=C1NCc2cccc(C#Cc3nc(Nc4ccc(N5CCN(C(=O)O)CC5)cc4)ncc3C(F)(F)F)c21. The van der Waals surface area contributed by atoms with Crippen LogP contribution in [0.2, 0.25) is 0 Å². The first-order valence-electron chi connectivity index (χ1n) is 11.7. The standard InChI is InChI=1S/C26H21F3N6O3/c27-26(28,29)20-15-31-24(33-21(20)9-4-16-2-1-3-17-14-30-23(36)22(16)17)32-18-5-7-19(8-6-18)34-10-12-35(13-11-34)25(37)38/h1-3,5-8,15H,10-14H2,(H,30,36)(H,37,38)(H,31,32,33). The summed E-state index contributed by atoms with van der Waals surface area (Å²) in [4.78, 5) is 34.4. The average Bonchev–Trinajstić information content (AvgIpc) is 3.29. The second kappa shape index (κ2) is 9.93. The van der Waals surface area contributed by atoms with Gasteiger partial charge in [-0.2, -0.15) is 13.2 Å². The van der Waals surface area contributed by atoms with Crippen LogP contribution in [0.3, 0.4) is 0 Å². The summed E-state index contributed by atoms with van der Waals surface area (Å²) >= 11 is 0. The molecular formula is C26H21F3N6O3. The van der Waals surface area contributed by atoms with Crippen LogP contribution in [0, 0.1) is 11.8 Å². The molecule has 2 aliphatic heterocycles. The van der Waals surface area contributed by atoms with Crippen molar-refractivity contribution in [2.45, 2.75) is 12.7 Å². The Morgan fingerprint density at radius 3 is 2.47 bits per heavy atom. The van der Waals surface area contributed by atoms with Gasteiger partial charge in [0.05, 0.1) is 5.56 Å². The molecule has 2 aliphatic rings. The number of amides is 2. The predicted molar refractivity (Wildman–Crippen MR) is 132 cm³/mol. The third-order valence-electron chi connectivity index (χ3n) is 6.27. The van der Waals surface area contributed by atoms with E-state index < -0.39 is 23.5 Å². The fourth-order valence-electron chi connectivity index (χ4n) is 4.30. The number of carbonyl (C=O) groups is 2. The zero-order valence-corrected chi connectivity index (χ0v) is 19.8. The molecule has 9 nitrogen and oxygen atoms in total. The molecule has 0 bridgehead atoms. The Morgan fingerprint density at radius 1 is 1.05 bits per heavy atom. The van der Waals surface area contributed by atoms with Gasteiger partial charge in [-0.05, 0) is 41.8 Å². The number of piperazine rings is 1. The number of nitrogens with one attached hydrogen (secondary N) is 2. The van der Waals surface area contributed by atoms with Crippen molar-refractivity contribution in [3.8, 4) is 11.8 Å². The Morgan fingerprint density at radius 2 is 1.79 bits per heavy atom. The van der Waals surface area contributed by atoms with E-state index >= 15 is 0 Å². The van der Waals surface area contributed by atoms with E-state index in [1.165, 1.54) is 4.90 Å². The van der Waals surface area contributed by atoms with Gasteiger partial charge in [0.25, 0.3) is 5.91 Å². The van der Waals surface area contributed by atoms with Crippen LogP contribution in [-0.4, -0.2) is 58.2 Å². The molecule has 194 valence electrons. The second-order valence-corrected chi connectivity index (χ2v) is 8.65. The molecule has 3 heterocycles. The highest BCUT2D eigenvalue weighted by Crippen LogP contribution is 2.31. The smallest absolute Gasteiger partial charge is 0.420 e. The maximum atomic E-state index is 13.6. The molecule has 0 spiro atoms. The molecule has 0 radical (unpaired) electrons. The summed E-state index contributed by atoms with van der Waals surface area (Å²) < 4.78 is 40.9. The Kier molecular flexibility index (Phi) is 6.50. The first-order valence-corrected chi connectivity index (χ1v) is 11.7. The van der Waals surface area contributed by atoms with Gasteiger partial charge in [-0.1, -0.05) is 18.1 Å². The van der Waals surface area contributed by atoms with Crippen LogP contribution in [0.5, 0.6) is 0 Å². The maximum Gasteiger partial charge on any atom is 0.420 e. The van der Waals surface area contributed by atoms with Crippen LogP contribution in [0.4, 0.5) is 35.3 Å². The van der Waals surface area contributed by atoms with Crippen molar-refractivity contribution in [2.24, 2.45) is 0 Å². The summed E-state index contributed by atoms with van der Waals surface area (Å²) in [6, 6.07) is 12.1.